The summed E-state index contributed by atoms with van der Waals surface area (Å²) < 4.78 is 40.0. The second-order valence-corrected chi connectivity index (χ2v) is 7.41. The largest absolute Gasteiger partial charge is 0.481 e. The fraction of sp³-hybridized carbons (Fsp3) is 0.417. The molecule has 0 atom stereocenters. The number of hydrogen-bond acceptors (Lipinski definition) is 3. The van der Waals surface area contributed by atoms with Crippen LogP contribution in [-0.4, -0.2) is 36.9 Å². The Bertz CT molecular complexity index is 626. The first kappa shape index (κ1) is 15.4. The number of hydrogen-bond donors (Lipinski definition) is 1. The molecule has 0 saturated carbocycles. The van der Waals surface area contributed by atoms with E-state index < -0.39 is 27.7 Å². The van der Waals surface area contributed by atoms with E-state index in [2.05, 4.69) is 15.9 Å². The average Bonchev–Trinajstić information content (AvgIpc) is 2.38. The molecule has 0 aromatic heterocycles. The van der Waals surface area contributed by atoms with Crippen molar-refractivity contribution in [2.24, 2.45) is 5.92 Å². The minimum atomic E-state index is -3.91. The molecule has 0 radical (unpaired) electrons. The second-order valence-electron chi connectivity index (χ2n) is 4.59. The Balaban J connectivity index is 2.22. The normalized spacial score (nSPS) is 18.1. The highest BCUT2D eigenvalue weighted by molar-refractivity contribution is 9.10. The molecule has 1 aromatic carbocycles. The third-order valence-electron chi connectivity index (χ3n) is 3.31. The van der Waals surface area contributed by atoms with Crippen molar-refractivity contribution in [1.29, 1.82) is 0 Å². The molecule has 0 aliphatic carbocycles. The lowest BCUT2D eigenvalue weighted by molar-refractivity contribution is -0.142. The number of benzene rings is 1. The van der Waals surface area contributed by atoms with Crippen molar-refractivity contribution in [3.63, 3.8) is 0 Å². The molecule has 1 aromatic rings. The average molecular weight is 366 g/mol. The van der Waals surface area contributed by atoms with Crippen molar-refractivity contribution in [2.75, 3.05) is 13.1 Å². The third kappa shape index (κ3) is 3.02. The zero-order chi connectivity index (χ0) is 14.9. The van der Waals surface area contributed by atoms with Gasteiger partial charge in [0, 0.05) is 17.6 Å². The molecule has 1 N–H and O–H groups in total. The van der Waals surface area contributed by atoms with E-state index in [0.717, 1.165) is 10.4 Å². The molecule has 110 valence electrons. The molecule has 1 saturated heterocycles. The van der Waals surface area contributed by atoms with E-state index >= 15 is 0 Å². The van der Waals surface area contributed by atoms with Crippen molar-refractivity contribution < 1.29 is 22.7 Å². The molecule has 8 heteroatoms. The monoisotopic (exact) mass is 365 g/mol. The molecular weight excluding hydrogens is 353 g/mol. The Morgan fingerprint density at radius 3 is 2.45 bits per heavy atom. The van der Waals surface area contributed by atoms with Crippen LogP contribution in [0, 0.1) is 11.7 Å². The number of carboxylic acid groups (broad SMARTS) is 1. The summed E-state index contributed by atoms with van der Waals surface area (Å²) in [5, 5.41) is 8.89. The first-order chi connectivity index (χ1) is 9.32. The maximum absolute atomic E-state index is 13.8. The van der Waals surface area contributed by atoms with Gasteiger partial charge in [-0.3, -0.25) is 4.79 Å². The Morgan fingerprint density at radius 1 is 1.35 bits per heavy atom. The predicted molar refractivity (Wildman–Crippen MR) is 73.2 cm³/mol. The minimum Gasteiger partial charge on any atom is -0.481 e. The number of rotatable bonds is 3. The van der Waals surface area contributed by atoms with E-state index in [9.17, 15) is 17.6 Å². The quantitative estimate of drug-likeness (QED) is 0.889. The molecule has 1 heterocycles. The van der Waals surface area contributed by atoms with E-state index in [1.54, 1.807) is 0 Å². The van der Waals surface area contributed by atoms with Crippen molar-refractivity contribution in [2.45, 2.75) is 17.7 Å². The SMILES string of the molecule is O=C(O)C1CCN(S(=O)(=O)c2ccc(Br)cc2F)CC1. The summed E-state index contributed by atoms with van der Waals surface area (Å²) in [5.74, 6) is -2.27. The molecular formula is C12H13BrFNO4S. The molecule has 0 unspecified atom stereocenters. The van der Waals surface area contributed by atoms with Gasteiger partial charge in [-0.05, 0) is 31.0 Å². The molecule has 1 aliphatic heterocycles. The standard InChI is InChI=1S/C12H13BrFNO4S/c13-9-1-2-11(10(14)7-9)20(18,19)15-5-3-8(4-6-15)12(16)17/h1-2,7-8H,3-6H2,(H,16,17). The van der Waals surface area contributed by atoms with Crippen LogP contribution >= 0.6 is 15.9 Å². The first-order valence-corrected chi connectivity index (χ1v) is 8.23. The van der Waals surface area contributed by atoms with Gasteiger partial charge in [-0.25, -0.2) is 12.8 Å². The molecule has 0 spiro atoms. The zero-order valence-electron chi connectivity index (χ0n) is 10.4. The summed E-state index contributed by atoms with van der Waals surface area (Å²) >= 11 is 3.07. The van der Waals surface area contributed by atoms with Crippen LogP contribution in [0.1, 0.15) is 12.8 Å². The van der Waals surface area contributed by atoms with Gasteiger partial charge in [0.25, 0.3) is 0 Å². The van der Waals surface area contributed by atoms with E-state index in [-0.39, 0.29) is 30.8 Å². The number of carbonyl (C=O) groups is 1. The van der Waals surface area contributed by atoms with Gasteiger partial charge < -0.3 is 5.11 Å². The van der Waals surface area contributed by atoms with E-state index in [0.29, 0.717) is 4.47 Å². The van der Waals surface area contributed by atoms with Crippen molar-refractivity contribution >= 4 is 31.9 Å². The smallest absolute Gasteiger partial charge is 0.306 e. The van der Waals surface area contributed by atoms with Gasteiger partial charge in [-0.15, -0.1) is 0 Å². The second kappa shape index (κ2) is 5.79. The molecule has 20 heavy (non-hydrogen) atoms. The lowest BCUT2D eigenvalue weighted by Gasteiger charge is -2.29. The van der Waals surface area contributed by atoms with Crippen LogP contribution in [0.4, 0.5) is 4.39 Å². The maximum Gasteiger partial charge on any atom is 0.306 e. The lowest BCUT2D eigenvalue weighted by Crippen LogP contribution is -2.40. The van der Waals surface area contributed by atoms with Gasteiger partial charge in [0.1, 0.15) is 10.7 Å². The highest BCUT2D eigenvalue weighted by Gasteiger charge is 2.33. The fourth-order valence-electron chi connectivity index (χ4n) is 2.17. The maximum atomic E-state index is 13.8. The highest BCUT2D eigenvalue weighted by Crippen LogP contribution is 2.26. The van der Waals surface area contributed by atoms with Crippen LogP contribution in [0.15, 0.2) is 27.6 Å². The molecule has 0 bridgehead atoms. The summed E-state index contributed by atoms with van der Waals surface area (Å²) in [6.07, 6.45) is 0.486. The molecule has 1 aliphatic rings. The van der Waals surface area contributed by atoms with Crippen LogP contribution in [0.5, 0.6) is 0 Å². The Labute approximate surface area is 124 Å². The van der Waals surface area contributed by atoms with Crippen molar-refractivity contribution in [3.8, 4) is 0 Å². The summed E-state index contributed by atoms with van der Waals surface area (Å²) in [4.78, 5) is 10.5. The van der Waals surface area contributed by atoms with Crippen molar-refractivity contribution in [1.82, 2.24) is 4.31 Å². The van der Waals surface area contributed by atoms with E-state index in [1.807, 2.05) is 0 Å². The van der Waals surface area contributed by atoms with Crippen molar-refractivity contribution in [3.05, 3.63) is 28.5 Å². The Kier molecular flexibility index (Phi) is 4.46. The Hall–Kier alpha value is -0.990. The van der Waals surface area contributed by atoms with Crippen LogP contribution in [-0.2, 0) is 14.8 Å². The molecule has 2 rings (SSSR count). The number of halogens is 2. The van der Waals surface area contributed by atoms with Gasteiger partial charge in [0.05, 0.1) is 5.92 Å². The number of piperidine rings is 1. The van der Waals surface area contributed by atoms with Gasteiger partial charge in [0.2, 0.25) is 10.0 Å². The predicted octanol–water partition coefficient (Wildman–Crippen LogP) is 2.07. The summed E-state index contributed by atoms with van der Waals surface area (Å²) in [5.41, 5.74) is 0. The summed E-state index contributed by atoms with van der Waals surface area (Å²) in [7, 11) is -3.91. The number of carboxylic acids is 1. The van der Waals surface area contributed by atoms with E-state index in [1.165, 1.54) is 12.1 Å². The van der Waals surface area contributed by atoms with Crippen LogP contribution in [0.25, 0.3) is 0 Å². The van der Waals surface area contributed by atoms with E-state index in [4.69, 9.17) is 5.11 Å². The van der Waals surface area contributed by atoms with Gasteiger partial charge in [0.15, 0.2) is 0 Å². The lowest BCUT2D eigenvalue weighted by atomic mass is 9.99. The molecule has 0 amide bonds. The zero-order valence-corrected chi connectivity index (χ0v) is 12.8. The summed E-state index contributed by atoms with van der Waals surface area (Å²) in [6.45, 7) is 0.184. The van der Waals surface area contributed by atoms with Gasteiger partial charge in [-0.1, -0.05) is 15.9 Å². The topological polar surface area (TPSA) is 74.7 Å². The Morgan fingerprint density at radius 2 is 1.95 bits per heavy atom. The van der Waals surface area contributed by atoms with Gasteiger partial charge >= 0.3 is 5.97 Å². The number of aliphatic carboxylic acids is 1. The summed E-state index contributed by atoms with van der Waals surface area (Å²) in [6, 6.07) is 3.76. The minimum absolute atomic E-state index is 0.0921. The number of sulfonamides is 1. The first-order valence-electron chi connectivity index (χ1n) is 6.00. The third-order valence-corrected chi connectivity index (χ3v) is 5.74. The fourth-order valence-corrected chi connectivity index (χ4v) is 4.01. The van der Waals surface area contributed by atoms with Crippen LogP contribution in [0.3, 0.4) is 0 Å². The van der Waals surface area contributed by atoms with Gasteiger partial charge in [-0.2, -0.15) is 4.31 Å². The van der Waals surface area contributed by atoms with Crippen LogP contribution < -0.4 is 0 Å². The molecule has 5 nitrogen and oxygen atoms in total. The highest BCUT2D eigenvalue weighted by atomic mass is 79.9. The van der Waals surface area contributed by atoms with Crippen LogP contribution in [0.2, 0.25) is 0 Å². The molecule has 1 fully saturated rings. The number of nitrogens with zero attached hydrogens (tertiary/aromatic N) is 1.